The fourth-order valence-corrected chi connectivity index (χ4v) is 8.28. The van der Waals surface area contributed by atoms with Crippen LogP contribution in [0, 0.1) is 18.8 Å². The van der Waals surface area contributed by atoms with E-state index in [2.05, 4.69) is 46.5 Å². The van der Waals surface area contributed by atoms with Crippen LogP contribution in [0.2, 0.25) is 0 Å². The summed E-state index contributed by atoms with van der Waals surface area (Å²) in [7, 11) is -1.33. The summed E-state index contributed by atoms with van der Waals surface area (Å²) in [5.41, 5.74) is 5.27. The van der Waals surface area contributed by atoms with Gasteiger partial charge in [-0.25, -0.2) is 9.35 Å². The molecule has 2 aromatic rings. The lowest BCUT2D eigenvalue weighted by Gasteiger charge is -2.46. The second kappa shape index (κ2) is 11.0. The van der Waals surface area contributed by atoms with Crippen LogP contribution in [-0.4, -0.2) is 48.8 Å². The Morgan fingerprint density at radius 2 is 2.05 bits per heavy atom. The molecule has 6 rings (SSSR count). The molecule has 0 saturated heterocycles. The number of carbonyl (C=O) groups is 1. The Morgan fingerprint density at radius 1 is 1.18 bits per heavy atom. The van der Waals surface area contributed by atoms with Crippen molar-refractivity contribution in [2.75, 3.05) is 37.5 Å². The van der Waals surface area contributed by atoms with Crippen molar-refractivity contribution in [3.8, 4) is 5.75 Å². The highest BCUT2D eigenvalue weighted by Gasteiger charge is 2.44. The Kier molecular flexibility index (Phi) is 7.53. The lowest BCUT2D eigenvalue weighted by atomic mass is 9.68. The molecular weight excluding hydrogens is 522 g/mol. The molecule has 1 spiro atoms. The third kappa shape index (κ3) is 5.33. The predicted molar refractivity (Wildman–Crippen MR) is 159 cm³/mol. The van der Waals surface area contributed by atoms with Gasteiger partial charge in [0, 0.05) is 36.9 Å². The number of aryl methyl sites for hydroxylation is 2. The number of methoxy groups -OCH3 is 1. The highest BCUT2D eigenvalue weighted by molar-refractivity contribution is 7.91. The van der Waals surface area contributed by atoms with Crippen molar-refractivity contribution in [3.63, 3.8) is 0 Å². The molecule has 1 saturated carbocycles. The molecule has 214 valence electrons. The Hall–Kier alpha value is -2.68. The van der Waals surface area contributed by atoms with E-state index in [4.69, 9.17) is 14.6 Å². The third-order valence-corrected chi connectivity index (χ3v) is 10.8. The first kappa shape index (κ1) is 27.5. The maximum Gasteiger partial charge on any atom is 0.286 e. The van der Waals surface area contributed by atoms with Crippen molar-refractivity contribution in [2.45, 2.75) is 63.4 Å². The number of hydrogen-bond acceptors (Lipinski definition) is 5. The summed E-state index contributed by atoms with van der Waals surface area (Å²) in [5, 5.41) is 6.01. The van der Waals surface area contributed by atoms with Crippen LogP contribution < -0.4 is 14.8 Å². The van der Waals surface area contributed by atoms with Crippen molar-refractivity contribution in [2.24, 2.45) is 21.3 Å². The lowest BCUT2D eigenvalue weighted by Crippen LogP contribution is -2.49. The SMILES string of the molecule is CO[C@H]1/C=C/CCCS(N)(=O)=NC(=O)c2ccc3c(c2)N(C[C@@H]2CC[C@H]21)C[C@@]1(CCCc2cc(C)ccc21)CO3. The minimum atomic E-state index is -3.12. The lowest BCUT2D eigenvalue weighted by molar-refractivity contribution is 0.0132. The van der Waals surface area contributed by atoms with E-state index in [0.717, 1.165) is 63.1 Å². The molecular formula is C32H41N3O4S. The van der Waals surface area contributed by atoms with Crippen LogP contribution in [0.15, 0.2) is 52.9 Å². The zero-order chi connectivity index (χ0) is 27.9. The van der Waals surface area contributed by atoms with E-state index in [9.17, 15) is 9.00 Å². The molecule has 2 heterocycles. The Labute approximate surface area is 238 Å². The maximum atomic E-state index is 13.2. The summed E-state index contributed by atoms with van der Waals surface area (Å²) in [6.07, 6.45) is 11.2. The average molecular weight is 564 g/mol. The van der Waals surface area contributed by atoms with Crippen LogP contribution in [0.3, 0.4) is 0 Å². The van der Waals surface area contributed by atoms with Crippen LogP contribution in [-0.2, 0) is 26.5 Å². The first-order valence-electron chi connectivity index (χ1n) is 14.7. The number of rotatable bonds is 1. The summed E-state index contributed by atoms with van der Waals surface area (Å²) in [6.45, 7) is 4.43. The van der Waals surface area contributed by atoms with E-state index < -0.39 is 15.8 Å². The third-order valence-electron chi connectivity index (χ3n) is 9.47. The van der Waals surface area contributed by atoms with Crippen LogP contribution >= 0.6 is 0 Å². The molecule has 1 amide bonds. The van der Waals surface area contributed by atoms with E-state index in [1.165, 1.54) is 16.7 Å². The van der Waals surface area contributed by atoms with Gasteiger partial charge in [-0.2, -0.15) is 0 Å². The smallest absolute Gasteiger partial charge is 0.286 e. The average Bonchev–Trinajstić information content (AvgIpc) is 3.06. The monoisotopic (exact) mass is 563 g/mol. The summed E-state index contributed by atoms with van der Waals surface area (Å²) < 4.78 is 29.5. The Balaban J connectivity index is 1.44. The number of anilines is 1. The van der Waals surface area contributed by atoms with E-state index >= 15 is 0 Å². The zero-order valence-electron chi connectivity index (χ0n) is 23.6. The minimum absolute atomic E-state index is 0.0431. The predicted octanol–water partition coefficient (Wildman–Crippen LogP) is 5.34. The molecule has 2 aromatic carbocycles. The minimum Gasteiger partial charge on any atom is -0.490 e. The molecule has 2 N–H and O–H groups in total. The molecule has 7 nitrogen and oxygen atoms in total. The molecule has 0 radical (unpaired) electrons. The quantitative estimate of drug-likeness (QED) is 0.473. The van der Waals surface area contributed by atoms with E-state index in [1.54, 1.807) is 13.2 Å². The molecule has 1 unspecified atom stereocenters. The van der Waals surface area contributed by atoms with Gasteiger partial charge < -0.3 is 14.4 Å². The van der Waals surface area contributed by atoms with E-state index in [1.807, 2.05) is 12.1 Å². The normalized spacial score (nSPS) is 33.0. The second-order valence-corrected chi connectivity index (χ2v) is 14.2. The van der Waals surface area contributed by atoms with Gasteiger partial charge >= 0.3 is 0 Å². The standard InChI is InChI=1S/C32H41N3O4S/c1-22-9-13-27-23(17-22)7-6-15-32(27)20-35-19-25-10-12-26(25)29(38-2)8-4-3-5-16-40(33,37)34-31(36)24-11-14-30(39-21-32)28(35)18-24/h4,8-9,11,13-14,17-18,25-26,29H,3,5-7,10,12,15-16,19-21H2,1-2H3,(H2,33,34,36,37)/b8-4+/t25-,26+,29-,32-,40?/m0/s1. The van der Waals surface area contributed by atoms with Crippen molar-refractivity contribution >= 4 is 21.5 Å². The topological polar surface area (TPSA) is 94.2 Å². The highest BCUT2D eigenvalue weighted by Crippen LogP contribution is 2.46. The first-order chi connectivity index (χ1) is 19.3. The van der Waals surface area contributed by atoms with Gasteiger partial charge in [0.2, 0.25) is 0 Å². The van der Waals surface area contributed by atoms with Crippen LogP contribution in [0.4, 0.5) is 5.69 Å². The molecule has 40 heavy (non-hydrogen) atoms. The number of nitrogens with zero attached hydrogens (tertiary/aromatic N) is 2. The van der Waals surface area contributed by atoms with Gasteiger partial charge in [0.25, 0.3) is 5.91 Å². The molecule has 5 atom stereocenters. The van der Waals surface area contributed by atoms with Crippen LogP contribution in [0.1, 0.15) is 65.6 Å². The molecule has 2 aliphatic heterocycles. The number of hydrogen-bond donors (Lipinski definition) is 1. The summed E-state index contributed by atoms with van der Waals surface area (Å²) in [5.74, 6) is 1.32. The van der Waals surface area contributed by atoms with Crippen molar-refractivity contribution in [1.29, 1.82) is 0 Å². The molecule has 8 heteroatoms. The Morgan fingerprint density at radius 3 is 2.85 bits per heavy atom. The number of benzene rings is 2. The number of ether oxygens (including phenoxy) is 2. The van der Waals surface area contributed by atoms with E-state index in [-0.39, 0.29) is 17.3 Å². The van der Waals surface area contributed by atoms with Gasteiger partial charge in [0.15, 0.2) is 0 Å². The summed E-state index contributed by atoms with van der Waals surface area (Å²) in [4.78, 5) is 15.6. The molecule has 0 aromatic heterocycles. The van der Waals surface area contributed by atoms with Crippen molar-refractivity contribution < 1.29 is 18.5 Å². The van der Waals surface area contributed by atoms with Gasteiger partial charge in [-0.15, -0.1) is 4.36 Å². The summed E-state index contributed by atoms with van der Waals surface area (Å²) in [6, 6.07) is 12.4. The van der Waals surface area contributed by atoms with Gasteiger partial charge in [0.05, 0.1) is 18.4 Å². The Bertz CT molecular complexity index is 1450. The number of amides is 1. The number of fused-ring (bicyclic) bond motifs is 4. The van der Waals surface area contributed by atoms with Gasteiger partial charge in [-0.05, 0) is 93.0 Å². The van der Waals surface area contributed by atoms with E-state index in [0.29, 0.717) is 30.4 Å². The first-order valence-corrected chi connectivity index (χ1v) is 16.4. The fraction of sp³-hybridized carbons (Fsp3) is 0.531. The van der Waals surface area contributed by atoms with Gasteiger partial charge in [0.1, 0.15) is 15.7 Å². The molecule has 1 fully saturated rings. The molecule has 4 aliphatic rings. The zero-order valence-corrected chi connectivity index (χ0v) is 24.5. The van der Waals surface area contributed by atoms with Gasteiger partial charge in [-0.1, -0.05) is 35.9 Å². The number of carbonyl (C=O) groups excluding carboxylic acids is 1. The number of nitrogens with two attached hydrogens (primary N) is 1. The molecule has 2 aliphatic carbocycles. The second-order valence-electron chi connectivity index (χ2n) is 12.2. The van der Waals surface area contributed by atoms with Crippen LogP contribution in [0.25, 0.3) is 0 Å². The fourth-order valence-electron chi connectivity index (χ4n) is 7.22. The maximum absolute atomic E-state index is 13.2. The molecule has 2 bridgehead atoms. The highest BCUT2D eigenvalue weighted by atomic mass is 32.2. The summed E-state index contributed by atoms with van der Waals surface area (Å²) >= 11 is 0. The number of allylic oxidation sites excluding steroid dienone is 1. The van der Waals surface area contributed by atoms with Crippen molar-refractivity contribution in [1.82, 2.24) is 0 Å². The van der Waals surface area contributed by atoms with Crippen LogP contribution in [0.5, 0.6) is 5.75 Å². The van der Waals surface area contributed by atoms with Gasteiger partial charge in [-0.3, -0.25) is 4.79 Å². The van der Waals surface area contributed by atoms with Crippen molar-refractivity contribution in [3.05, 3.63) is 70.8 Å². The largest absolute Gasteiger partial charge is 0.490 e.